The van der Waals surface area contributed by atoms with Crippen molar-refractivity contribution in [3.05, 3.63) is 82.9 Å². The van der Waals surface area contributed by atoms with Gasteiger partial charge in [-0.25, -0.2) is 5.43 Å². The summed E-state index contributed by atoms with van der Waals surface area (Å²) in [6, 6.07) is 13.7. The number of nitrogens with zero attached hydrogens (tertiary/aromatic N) is 3. The van der Waals surface area contributed by atoms with E-state index in [0.717, 1.165) is 33.8 Å². The van der Waals surface area contributed by atoms with E-state index >= 15 is 0 Å². The van der Waals surface area contributed by atoms with Crippen molar-refractivity contribution in [2.24, 2.45) is 5.10 Å². The molecule has 2 amide bonds. The van der Waals surface area contributed by atoms with Crippen LogP contribution < -0.4 is 10.7 Å². The van der Waals surface area contributed by atoms with Crippen LogP contribution >= 0.6 is 0 Å². The van der Waals surface area contributed by atoms with Gasteiger partial charge in [-0.05, 0) is 50.1 Å². The summed E-state index contributed by atoms with van der Waals surface area (Å²) in [6.45, 7) is 6.29. The molecule has 148 valence electrons. The maximum atomic E-state index is 11.9. The predicted molar refractivity (Wildman–Crippen MR) is 112 cm³/mol. The van der Waals surface area contributed by atoms with Gasteiger partial charge in [0.2, 0.25) is 0 Å². The van der Waals surface area contributed by atoms with Crippen LogP contribution in [0.1, 0.15) is 28.1 Å². The number of carbonyl (C=O) groups is 2. The van der Waals surface area contributed by atoms with E-state index in [1.807, 2.05) is 38.1 Å². The quantitative estimate of drug-likeness (QED) is 0.399. The number of amides is 2. The lowest BCUT2D eigenvalue weighted by Gasteiger charge is -2.12. The van der Waals surface area contributed by atoms with E-state index in [1.54, 1.807) is 24.7 Å². The van der Waals surface area contributed by atoms with Crippen molar-refractivity contribution in [3.8, 4) is 5.69 Å². The van der Waals surface area contributed by atoms with Crippen LogP contribution in [0.4, 0.5) is 0 Å². The molecule has 0 saturated heterocycles. The highest BCUT2D eigenvalue weighted by Crippen LogP contribution is 2.22. The third kappa shape index (κ3) is 4.76. The molecule has 1 aromatic carbocycles. The largest absolute Gasteiger partial charge is 0.344 e. The molecule has 3 rings (SSSR count). The Bertz CT molecular complexity index is 1050. The molecule has 29 heavy (non-hydrogen) atoms. The molecule has 7 nitrogen and oxygen atoms in total. The summed E-state index contributed by atoms with van der Waals surface area (Å²) >= 11 is 0. The Hall–Kier alpha value is -3.74. The van der Waals surface area contributed by atoms with Gasteiger partial charge in [0.05, 0.1) is 6.21 Å². The van der Waals surface area contributed by atoms with Gasteiger partial charge in [-0.1, -0.05) is 24.3 Å². The van der Waals surface area contributed by atoms with E-state index in [-0.39, 0.29) is 6.54 Å². The molecular formula is C22H23N5O2. The van der Waals surface area contributed by atoms with Crippen molar-refractivity contribution >= 4 is 18.0 Å². The minimum Gasteiger partial charge on any atom is -0.344 e. The number of hydrazone groups is 1. The van der Waals surface area contributed by atoms with Crippen LogP contribution in [0, 0.1) is 20.8 Å². The van der Waals surface area contributed by atoms with Crippen molar-refractivity contribution in [1.29, 1.82) is 0 Å². The van der Waals surface area contributed by atoms with E-state index in [9.17, 15) is 9.59 Å². The zero-order chi connectivity index (χ0) is 20.8. The van der Waals surface area contributed by atoms with Gasteiger partial charge in [0.15, 0.2) is 0 Å². The van der Waals surface area contributed by atoms with Crippen LogP contribution in [-0.2, 0) is 16.1 Å². The van der Waals surface area contributed by atoms with Crippen molar-refractivity contribution in [1.82, 2.24) is 20.3 Å². The Morgan fingerprint density at radius 1 is 1.10 bits per heavy atom. The summed E-state index contributed by atoms with van der Waals surface area (Å²) in [5.74, 6) is -1.57. The van der Waals surface area contributed by atoms with Gasteiger partial charge in [-0.2, -0.15) is 5.10 Å². The molecule has 7 heteroatoms. The van der Waals surface area contributed by atoms with Gasteiger partial charge >= 0.3 is 11.8 Å². The van der Waals surface area contributed by atoms with Crippen LogP contribution in [0.15, 0.2) is 60.0 Å². The fourth-order valence-electron chi connectivity index (χ4n) is 3.08. The van der Waals surface area contributed by atoms with E-state index < -0.39 is 11.8 Å². The predicted octanol–water partition coefficient (Wildman–Crippen LogP) is 2.56. The first kappa shape index (κ1) is 20.0. The number of hydrogen-bond donors (Lipinski definition) is 2. The molecule has 0 aliphatic rings. The average molecular weight is 389 g/mol. The molecule has 0 atom stereocenters. The molecule has 2 N–H and O–H groups in total. The van der Waals surface area contributed by atoms with E-state index in [2.05, 4.69) is 44.5 Å². The number of pyridine rings is 1. The third-order valence-corrected chi connectivity index (χ3v) is 4.58. The highest BCUT2D eigenvalue weighted by Gasteiger charge is 2.13. The Morgan fingerprint density at radius 2 is 1.90 bits per heavy atom. The molecule has 0 saturated carbocycles. The Balaban J connectivity index is 1.63. The van der Waals surface area contributed by atoms with Gasteiger partial charge in [0.25, 0.3) is 0 Å². The van der Waals surface area contributed by atoms with Crippen LogP contribution in [-0.4, -0.2) is 27.6 Å². The lowest BCUT2D eigenvalue weighted by molar-refractivity contribution is -0.139. The molecule has 0 aliphatic carbocycles. The zero-order valence-corrected chi connectivity index (χ0v) is 16.6. The molecule has 3 aromatic rings. The summed E-state index contributed by atoms with van der Waals surface area (Å²) in [7, 11) is 0. The second kappa shape index (κ2) is 8.97. The minimum atomic E-state index is -0.821. The number of aromatic nitrogens is 2. The molecule has 2 heterocycles. The Kier molecular flexibility index (Phi) is 6.19. The van der Waals surface area contributed by atoms with E-state index in [4.69, 9.17) is 0 Å². The van der Waals surface area contributed by atoms with Crippen molar-refractivity contribution in [3.63, 3.8) is 0 Å². The molecule has 0 aliphatic heterocycles. The maximum absolute atomic E-state index is 11.9. The average Bonchev–Trinajstić information content (AvgIpc) is 3.00. The van der Waals surface area contributed by atoms with E-state index in [1.165, 1.54) is 0 Å². The van der Waals surface area contributed by atoms with Gasteiger partial charge in [0, 0.05) is 41.6 Å². The molecule has 0 fully saturated rings. The third-order valence-electron chi connectivity index (χ3n) is 4.58. The molecular weight excluding hydrogens is 366 g/mol. The molecule has 0 radical (unpaired) electrons. The molecule has 0 unspecified atom stereocenters. The summed E-state index contributed by atoms with van der Waals surface area (Å²) in [5, 5.41) is 6.47. The van der Waals surface area contributed by atoms with Gasteiger partial charge in [0.1, 0.15) is 0 Å². The molecule has 0 bridgehead atoms. The fourth-order valence-corrected chi connectivity index (χ4v) is 3.08. The first-order chi connectivity index (χ1) is 14.0. The molecule has 2 aromatic heterocycles. The summed E-state index contributed by atoms with van der Waals surface area (Å²) in [5.41, 5.74) is 8.25. The van der Waals surface area contributed by atoms with Gasteiger partial charge in [-0.3, -0.25) is 14.6 Å². The summed E-state index contributed by atoms with van der Waals surface area (Å²) in [4.78, 5) is 27.8. The fraction of sp³-hybridized carbons (Fsp3) is 0.182. The Morgan fingerprint density at radius 3 is 2.62 bits per heavy atom. The van der Waals surface area contributed by atoms with Crippen LogP contribution in [0.3, 0.4) is 0 Å². The number of nitrogens with one attached hydrogen (secondary N) is 2. The highest BCUT2D eigenvalue weighted by atomic mass is 16.2. The number of aryl methyl sites for hydroxylation is 2. The second-order valence-corrected chi connectivity index (χ2v) is 6.69. The first-order valence-electron chi connectivity index (χ1n) is 9.22. The number of benzene rings is 1. The lowest BCUT2D eigenvalue weighted by Crippen LogP contribution is -2.37. The number of rotatable bonds is 5. The SMILES string of the molecule is Cc1ccccc1-n1c(C)cc(/C=N\NC(=O)C(=O)NCc2cccnc2)c1C. The normalized spacial score (nSPS) is 10.9. The number of para-hydroxylation sites is 1. The second-order valence-electron chi connectivity index (χ2n) is 6.69. The maximum Gasteiger partial charge on any atom is 0.329 e. The smallest absolute Gasteiger partial charge is 0.329 e. The van der Waals surface area contributed by atoms with Crippen molar-refractivity contribution < 1.29 is 9.59 Å². The van der Waals surface area contributed by atoms with Gasteiger partial charge < -0.3 is 9.88 Å². The van der Waals surface area contributed by atoms with Crippen molar-refractivity contribution in [2.75, 3.05) is 0 Å². The molecule has 0 spiro atoms. The number of hydrogen-bond acceptors (Lipinski definition) is 4. The minimum absolute atomic E-state index is 0.224. The van der Waals surface area contributed by atoms with Crippen molar-refractivity contribution in [2.45, 2.75) is 27.3 Å². The monoisotopic (exact) mass is 389 g/mol. The van der Waals surface area contributed by atoms with Crippen LogP contribution in [0.5, 0.6) is 0 Å². The van der Waals surface area contributed by atoms with Crippen LogP contribution in [0.25, 0.3) is 5.69 Å². The standard InChI is InChI=1S/C22H23N5O2/c1-15-7-4-5-9-20(15)27-16(2)11-19(17(27)3)14-25-26-22(29)21(28)24-13-18-8-6-10-23-12-18/h4-12,14H,13H2,1-3H3,(H,24,28)(H,26,29)/b25-14-. The highest BCUT2D eigenvalue weighted by molar-refractivity contribution is 6.35. The summed E-state index contributed by atoms with van der Waals surface area (Å²) < 4.78 is 2.14. The van der Waals surface area contributed by atoms with Crippen LogP contribution in [0.2, 0.25) is 0 Å². The topological polar surface area (TPSA) is 88.4 Å². The first-order valence-corrected chi connectivity index (χ1v) is 9.22. The van der Waals surface area contributed by atoms with Gasteiger partial charge in [-0.15, -0.1) is 0 Å². The van der Waals surface area contributed by atoms with E-state index in [0.29, 0.717) is 0 Å². The Labute approximate surface area is 169 Å². The number of carbonyl (C=O) groups excluding carboxylic acids is 2. The zero-order valence-electron chi connectivity index (χ0n) is 16.6. The summed E-state index contributed by atoms with van der Waals surface area (Å²) in [6.07, 6.45) is 4.81. The lowest BCUT2D eigenvalue weighted by atomic mass is 10.2.